The van der Waals surface area contributed by atoms with Crippen LogP contribution in [-0.4, -0.2) is 17.6 Å². The highest BCUT2D eigenvalue weighted by molar-refractivity contribution is 5.98. The van der Waals surface area contributed by atoms with Gasteiger partial charge in [-0.1, -0.05) is 20.8 Å². The van der Waals surface area contributed by atoms with Crippen molar-refractivity contribution in [2.24, 2.45) is 5.41 Å². The molecule has 0 aromatic heterocycles. The molecule has 0 fully saturated rings. The lowest BCUT2D eigenvalue weighted by molar-refractivity contribution is -0.126. The summed E-state index contributed by atoms with van der Waals surface area (Å²) in [6.07, 6.45) is -0.252. The van der Waals surface area contributed by atoms with Crippen LogP contribution in [-0.2, 0) is 4.79 Å². The molecule has 98 valence electrons. The summed E-state index contributed by atoms with van der Waals surface area (Å²) in [4.78, 5) is 14.0. The molecule has 1 aromatic carbocycles. The van der Waals surface area contributed by atoms with Crippen LogP contribution in [0.3, 0.4) is 0 Å². The summed E-state index contributed by atoms with van der Waals surface area (Å²) in [7, 11) is 0. The highest BCUT2D eigenvalue weighted by Crippen LogP contribution is 2.36. The van der Waals surface area contributed by atoms with E-state index >= 15 is 0 Å². The topological polar surface area (TPSA) is 40.5 Å². The molecule has 0 radical (unpaired) electrons. The standard InChI is InChI=1S/C14H18FNO2/c1-14(2,3)13(18)16-7-6-12(17)10-8-9(15)4-5-11(10)16/h4-5,8,12,17H,6-7H2,1-3H3. The number of aliphatic hydroxyl groups is 1. The zero-order valence-electron chi connectivity index (χ0n) is 10.9. The largest absolute Gasteiger partial charge is 0.388 e. The second-order valence-corrected chi connectivity index (χ2v) is 5.71. The number of halogens is 1. The number of aliphatic hydroxyl groups excluding tert-OH is 1. The molecule has 4 heteroatoms. The van der Waals surface area contributed by atoms with Crippen LogP contribution in [0.25, 0.3) is 0 Å². The Balaban J connectivity index is 2.44. The first-order valence-electron chi connectivity index (χ1n) is 6.10. The third kappa shape index (κ3) is 2.25. The lowest BCUT2D eigenvalue weighted by Gasteiger charge is -2.35. The van der Waals surface area contributed by atoms with Gasteiger partial charge in [0.2, 0.25) is 5.91 Å². The van der Waals surface area contributed by atoms with Crippen molar-refractivity contribution in [3.63, 3.8) is 0 Å². The van der Waals surface area contributed by atoms with Gasteiger partial charge in [0.25, 0.3) is 0 Å². The first-order valence-corrected chi connectivity index (χ1v) is 6.10. The summed E-state index contributed by atoms with van der Waals surface area (Å²) in [6.45, 7) is 6.02. The van der Waals surface area contributed by atoms with E-state index in [-0.39, 0.29) is 5.91 Å². The quantitative estimate of drug-likeness (QED) is 0.770. The Morgan fingerprint density at radius 2 is 2.11 bits per heavy atom. The number of fused-ring (bicyclic) bond motifs is 1. The molecule has 1 amide bonds. The second kappa shape index (κ2) is 4.35. The average molecular weight is 251 g/mol. The van der Waals surface area contributed by atoms with Crippen molar-refractivity contribution in [3.05, 3.63) is 29.6 Å². The lowest BCUT2D eigenvalue weighted by atomic mass is 9.91. The fourth-order valence-electron chi connectivity index (χ4n) is 2.18. The molecule has 0 saturated carbocycles. The number of hydrogen-bond acceptors (Lipinski definition) is 2. The van der Waals surface area contributed by atoms with E-state index in [0.29, 0.717) is 24.2 Å². The number of carbonyl (C=O) groups is 1. The predicted octanol–water partition coefficient (Wildman–Crippen LogP) is 2.64. The van der Waals surface area contributed by atoms with E-state index in [1.54, 1.807) is 11.0 Å². The number of carbonyl (C=O) groups excluding carboxylic acids is 1. The van der Waals surface area contributed by atoms with Crippen LogP contribution in [0.4, 0.5) is 10.1 Å². The molecule has 3 nitrogen and oxygen atoms in total. The van der Waals surface area contributed by atoms with Crippen LogP contribution in [0.1, 0.15) is 38.9 Å². The van der Waals surface area contributed by atoms with Gasteiger partial charge in [0.15, 0.2) is 0 Å². The minimum absolute atomic E-state index is 0.0118. The summed E-state index contributed by atoms with van der Waals surface area (Å²) >= 11 is 0. The summed E-state index contributed by atoms with van der Waals surface area (Å²) in [5.74, 6) is -0.403. The monoisotopic (exact) mass is 251 g/mol. The van der Waals surface area contributed by atoms with Gasteiger partial charge < -0.3 is 10.0 Å². The van der Waals surface area contributed by atoms with Crippen molar-refractivity contribution in [1.29, 1.82) is 0 Å². The van der Waals surface area contributed by atoms with Crippen molar-refractivity contribution in [1.82, 2.24) is 0 Å². The Morgan fingerprint density at radius 3 is 2.72 bits per heavy atom. The average Bonchev–Trinajstić information content (AvgIpc) is 2.28. The molecule has 1 aliphatic heterocycles. The molecule has 0 bridgehead atoms. The summed E-state index contributed by atoms with van der Waals surface area (Å²) in [5, 5.41) is 9.88. The molecule has 1 N–H and O–H groups in total. The molecule has 1 aromatic rings. The van der Waals surface area contributed by atoms with Gasteiger partial charge in [0.05, 0.1) is 6.10 Å². The Labute approximate surface area is 106 Å². The third-order valence-corrected chi connectivity index (χ3v) is 3.15. The highest BCUT2D eigenvalue weighted by atomic mass is 19.1. The molecule has 18 heavy (non-hydrogen) atoms. The van der Waals surface area contributed by atoms with Gasteiger partial charge in [-0.15, -0.1) is 0 Å². The van der Waals surface area contributed by atoms with E-state index in [0.717, 1.165) is 0 Å². The number of amides is 1. The van der Waals surface area contributed by atoms with E-state index in [2.05, 4.69) is 0 Å². The Hall–Kier alpha value is -1.42. The predicted molar refractivity (Wildman–Crippen MR) is 67.8 cm³/mol. The second-order valence-electron chi connectivity index (χ2n) is 5.71. The van der Waals surface area contributed by atoms with Gasteiger partial charge >= 0.3 is 0 Å². The van der Waals surface area contributed by atoms with Crippen LogP contribution in [0, 0.1) is 11.2 Å². The number of nitrogens with zero attached hydrogens (tertiary/aromatic N) is 1. The van der Waals surface area contributed by atoms with Crippen LogP contribution in [0.15, 0.2) is 18.2 Å². The van der Waals surface area contributed by atoms with Crippen LogP contribution >= 0.6 is 0 Å². The number of benzene rings is 1. The maximum absolute atomic E-state index is 13.2. The number of rotatable bonds is 0. The lowest BCUT2D eigenvalue weighted by Crippen LogP contribution is -2.43. The van der Waals surface area contributed by atoms with Gasteiger partial charge in [-0.05, 0) is 24.6 Å². The van der Waals surface area contributed by atoms with Crippen LogP contribution in [0.5, 0.6) is 0 Å². The smallest absolute Gasteiger partial charge is 0.232 e. The van der Waals surface area contributed by atoms with E-state index in [4.69, 9.17) is 0 Å². The van der Waals surface area contributed by atoms with E-state index in [1.807, 2.05) is 20.8 Å². The van der Waals surface area contributed by atoms with Crippen LogP contribution in [0.2, 0.25) is 0 Å². The van der Waals surface area contributed by atoms with E-state index < -0.39 is 17.3 Å². The van der Waals surface area contributed by atoms with E-state index in [1.165, 1.54) is 12.1 Å². The normalized spacial score (nSPS) is 19.6. The summed E-state index contributed by atoms with van der Waals surface area (Å²) in [5.41, 5.74) is 0.627. The maximum Gasteiger partial charge on any atom is 0.232 e. The maximum atomic E-state index is 13.2. The minimum atomic E-state index is -0.695. The number of anilines is 1. The summed E-state index contributed by atoms with van der Waals surface area (Å²) in [6, 6.07) is 4.19. The molecule has 0 spiro atoms. The van der Waals surface area contributed by atoms with Crippen molar-refractivity contribution in [2.45, 2.75) is 33.3 Å². The van der Waals surface area contributed by atoms with Crippen molar-refractivity contribution in [2.75, 3.05) is 11.4 Å². The van der Waals surface area contributed by atoms with E-state index in [9.17, 15) is 14.3 Å². The fourth-order valence-corrected chi connectivity index (χ4v) is 2.18. The van der Waals surface area contributed by atoms with Crippen molar-refractivity contribution >= 4 is 11.6 Å². The SMILES string of the molecule is CC(C)(C)C(=O)N1CCC(O)c2cc(F)ccc21. The van der Waals surface area contributed by atoms with Gasteiger partial charge in [0, 0.05) is 23.2 Å². The molecule has 1 heterocycles. The molecule has 2 rings (SSSR count). The Kier molecular flexibility index (Phi) is 3.15. The fraction of sp³-hybridized carbons (Fsp3) is 0.500. The molecular weight excluding hydrogens is 233 g/mol. The molecule has 1 atom stereocenters. The molecule has 1 unspecified atom stereocenters. The van der Waals surface area contributed by atoms with Crippen molar-refractivity contribution in [3.8, 4) is 0 Å². The third-order valence-electron chi connectivity index (χ3n) is 3.15. The zero-order chi connectivity index (χ0) is 13.5. The van der Waals surface area contributed by atoms with Gasteiger partial charge in [-0.2, -0.15) is 0 Å². The first-order chi connectivity index (χ1) is 8.30. The molecule has 0 aliphatic carbocycles. The summed E-state index contributed by atoms with van der Waals surface area (Å²) < 4.78 is 13.2. The Bertz CT molecular complexity index is 479. The van der Waals surface area contributed by atoms with Gasteiger partial charge in [0.1, 0.15) is 5.82 Å². The zero-order valence-corrected chi connectivity index (χ0v) is 10.9. The van der Waals surface area contributed by atoms with Crippen molar-refractivity contribution < 1.29 is 14.3 Å². The first kappa shape index (κ1) is 13.0. The molecular formula is C14H18FNO2. The minimum Gasteiger partial charge on any atom is -0.388 e. The van der Waals surface area contributed by atoms with Gasteiger partial charge in [-0.3, -0.25) is 4.79 Å². The molecule has 1 aliphatic rings. The van der Waals surface area contributed by atoms with Crippen LogP contribution < -0.4 is 4.90 Å². The number of hydrogen-bond donors (Lipinski definition) is 1. The molecule has 0 saturated heterocycles. The Morgan fingerprint density at radius 1 is 1.44 bits per heavy atom. The highest BCUT2D eigenvalue weighted by Gasteiger charge is 2.33. The van der Waals surface area contributed by atoms with Gasteiger partial charge in [-0.25, -0.2) is 4.39 Å².